The Morgan fingerprint density at radius 3 is 2.76 bits per heavy atom. The molecule has 0 aliphatic heterocycles. The highest BCUT2D eigenvalue weighted by atomic mass is 32.2. The third kappa shape index (κ3) is 4.27. The fraction of sp³-hybridized carbons (Fsp3) is 0.462. The van der Waals surface area contributed by atoms with Crippen molar-refractivity contribution in [2.75, 3.05) is 5.75 Å². The van der Waals surface area contributed by atoms with Crippen LogP contribution in [0.3, 0.4) is 0 Å². The van der Waals surface area contributed by atoms with Crippen LogP contribution in [0.4, 0.5) is 4.39 Å². The molecule has 0 saturated heterocycles. The Morgan fingerprint density at radius 2 is 2.18 bits per heavy atom. The van der Waals surface area contributed by atoms with Gasteiger partial charge >= 0.3 is 0 Å². The van der Waals surface area contributed by atoms with Crippen LogP contribution in [0.15, 0.2) is 18.2 Å². The van der Waals surface area contributed by atoms with Crippen LogP contribution in [0.1, 0.15) is 31.4 Å². The average molecular weight is 253 g/mol. The van der Waals surface area contributed by atoms with E-state index in [2.05, 4.69) is 13.8 Å². The maximum absolute atomic E-state index is 13.7. The summed E-state index contributed by atoms with van der Waals surface area (Å²) in [4.78, 5) is 0. The molecule has 0 saturated carbocycles. The van der Waals surface area contributed by atoms with Gasteiger partial charge in [0.05, 0.1) is 11.3 Å². The first-order valence-electron chi connectivity index (χ1n) is 5.57. The number of halogens is 1. The van der Waals surface area contributed by atoms with E-state index in [9.17, 15) is 8.60 Å². The van der Waals surface area contributed by atoms with Gasteiger partial charge in [-0.3, -0.25) is 4.21 Å². The lowest BCUT2D eigenvalue weighted by Crippen LogP contribution is -2.06. The van der Waals surface area contributed by atoms with Gasteiger partial charge in [0.25, 0.3) is 0 Å². The Bertz CT molecular complexity index is 451. The van der Waals surface area contributed by atoms with Gasteiger partial charge in [-0.2, -0.15) is 5.26 Å². The molecule has 1 aromatic rings. The second kappa shape index (κ2) is 6.51. The molecule has 17 heavy (non-hydrogen) atoms. The Balaban J connectivity index is 2.69. The van der Waals surface area contributed by atoms with Crippen molar-refractivity contribution in [1.82, 2.24) is 0 Å². The fourth-order valence-electron chi connectivity index (χ4n) is 1.39. The summed E-state index contributed by atoms with van der Waals surface area (Å²) < 4.78 is 25.4. The summed E-state index contributed by atoms with van der Waals surface area (Å²) in [6.07, 6.45) is 0.867. The van der Waals surface area contributed by atoms with Gasteiger partial charge < -0.3 is 0 Å². The van der Waals surface area contributed by atoms with Crippen molar-refractivity contribution in [3.05, 3.63) is 35.1 Å². The Labute approximate surface area is 104 Å². The molecule has 1 aromatic carbocycles. The molecular formula is C13H16FNOS. The first-order chi connectivity index (χ1) is 8.04. The molecule has 4 heteroatoms. The van der Waals surface area contributed by atoms with E-state index in [1.165, 1.54) is 6.07 Å². The fourth-order valence-corrected chi connectivity index (χ4v) is 2.84. The molecule has 92 valence electrons. The van der Waals surface area contributed by atoms with Gasteiger partial charge in [-0.25, -0.2) is 4.39 Å². The Kier molecular flexibility index (Phi) is 5.30. The van der Waals surface area contributed by atoms with E-state index in [0.29, 0.717) is 17.2 Å². The predicted octanol–water partition coefficient (Wildman–Crippen LogP) is 2.99. The van der Waals surface area contributed by atoms with Gasteiger partial charge in [0.2, 0.25) is 0 Å². The van der Waals surface area contributed by atoms with Gasteiger partial charge in [0.1, 0.15) is 11.9 Å². The largest absolute Gasteiger partial charge is 0.259 e. The molecular weight excluding hydrogens is 237 g/mol. The third-order valence-electron chi connectivity index (χ3n) is 2.44. The number of rotatable bonds is 5. The van der Waals surface area contributed by atoms with Crippen molar-refractivity contribution in [2.24, 2.45) is 5.92 Å². The van der Waals surface area contributed by atoms with E-state index in [1.807, 2.05) is 0 Å². The van der Waals surface area contributed by atoms with Crippen molar-refractivity contribution in [3.63, 3.8) is 0 Å². The number of nitriles is 1. The zero-order chi connectivity index (χ0) is 12.8. The molecule has 0 spiro atoms. The lowest BCUT2D eigenvalue weighted by atomic mass is 10.1. The van der Waals surface area contributed by atoms with E-state index in [4.69, 9.17) is 5.26 Å². The molecule has 0 aliphatic rings. The average Bonchev–Trinajstić information content (AvgIpc) is 2.29. The van der Waals surface area contributed by atoms with Gasteiger partial charge in [0, 0.05) is 22.1 Å². The van der Waals surface area contributed by atoms with Crippen LogP contribution >= 0.6 is 0 Å². The van der Waals surface area contributed by atoms with Crippen LogP contribution < -0.4 is 0 Å². The van der Waals surface area contributed by atoms with Gasteiger partial charge in [-0.15, -0.1) is 0 Å². The SMILES string of the molecule is CC(C)CCS(=O)Cc1cccc(C#N)c1F. The molecule has 0 heterocycles. The minimum Gasteiger partial charge on any atom is -0.259 e. The number of benzene rings is 1. The monoisotopic (exact) mass is 253 g/mol. The zero-order valence-corrected chi connectivity index (χ0v) is 10.9. The van der Waals surface area contributed by atoms with Crippen LogP contribution in [0, 0.1) is 23.1 Å². The standard InChI is InChI=1S/C13H16FNOS/c1-10(2)6-7-17(16)9-12-5-3-4-11(8-15)13(12)14/h3-5,10H,6-7,9H2,1-2H3. The molecule has 0 N–H and O–H groups in total. The van der Waals surface area contributed by atoms with Crippen molar-refractivity contribution in [1.29, 1.82) is 5.26 Å². The van der Waals surface area contributed by atoms with Gasteiger partial charge in [-0.1, -0.05) is 26.0 Å². The highest BCUT2D eigenvalue weighted by molar-refractivity contribution is 7.84. The molecule has 0 radical (unpaired) electrons. The van der Waals surface area contributed by atoms with E-state index in [1.54, 1.807) is 18.2 Å². The predicted molar refractivity (Wildman–Crippen MR) is 67.3 cm³/mol. The van der Waals surface area contributed by atoms with E-state index in [-0.39, 0.29) is 11.3 Å². The van der Waals surface area contributed by atoms with Crippen LogP contribution in [0.5, 0.6) is 0 Å². The van der Waals surface area contributed by atoms with Crippen molar-refractivity contribution >= 4 is 10.8 Å². The zero-order valence-electron chi connectivity index (χ0n) is 10.1. The summed E-state index contributed by atoms with van der Waals surface area (Å²) in [5, 5.41) is 8.69. The Hall–Kier alpha value is -1.21. The summed E-state index contributed by atoms with van der Waals surface area (Å²) in [7, 11) is -1.06. The number of hydrogen-bond acceptors (Lipinski definition) is 2. The molecule has 0 fully saturated rings. The van der Waals surface area contributed by atoms with Crippen molar-refractivity contribution < 1.29 is 8.60 Å². The molecule has 0 amide bonds. The summed E-state index contributed by atoms with van der Waals surface area (Å²) in [6.45, 7) is 4.13. The second-order valence-electron chi connectivity index (χ2n) is 4.36. The topological polar surface area (TPSA) is 40.9 Å². The minimum absolute atomic E-state index is 0.0170. The smallest absolute Gasteiger partial charge is 0.145 e. The Morgan fingerprint density at radius 1 is 1.47 bits per heavy atom. The third-order valence-corrected chi connectivity index (χ3v) is 3.76. The lowest BCUT2D eigenvalue weighted by Gasteiger charge is -2.06. The molecule has 1 unspecified atom stereocenters. The molecule has 0 aromatic heterocycles. The summed E-state index contributed by atoms with van der Waals surface area (Å²) in [6, 6.07) is 6.42. The lowest BCUT2D eigenvalue weighted by molar-refractivity contribution is 0.607. The van der Waals surface area contributed by atoms with E-state index >= 15 is 0 Å². The number of nitrogens with zero attached hydrogens (tertiary/aromatic N) is 1. The molecule has 1 atom stereocenters. The number of hydrogen-bond donors (Lipinski definition) is 0. The quantitative estimate of drug-likeness (QED) is 0.809. The molecule has 1 rings (SSSR count). The van der Waals surface area contributed by atoms with E-state index < -0.39 is 16.6 Å². The normalized spacial score (nSPS) is 12.4. The van der Waals surface area contributed by atoms with E-state index in [0.717, 1.165) is 6.42 Å². The van der Waals surface area contributed by atoms with Crippen LogP contribution in [0.25, 0.3) is 0 Å². The van der Waals surface area contributed by atoms with Crippen LogP contribution in [0.2, 0.25) is 0 Å². The summed E-state index contributed by atoms with van der Waals surface area (Å²) in [5.74, 6) is 0.726. The first-order valence-corrected chi connectivity index (χ1v) is 7.06. The maximum atomic E-state index is 13.7. The highest BCUT2D eigenvalue weighted by Crippen LogP contribution is 2.14. The molecule has 0 bridgehead atoms. The maximum Gasteiger partial charge on any atom is 0.145 e. The summed E-state index contributed by atoms with van der Waals surface area (Å²) >= 11 is 0. The van der Waals surface area contributed by atoms with Crippen LogP contribution in [-0.2, 0) is 16.6 Å². The van der Waals surface area contributed by atoms with Crippen LogP contribution in [-0.4, -0.2) is 9.96 Å². The molecule has 2 nitrogen and oxygen atoms in total. The molecule has 0 aliphatic carbocycles. The summed E-state index contributed by atoms with van der Waals surface area (Å²) in [5.41, 5.74) is 0.384. The highest BCUT2D eigenvalue weighted by Gasteiger charge is 2.10. The second-order valence-corrected chi connectivity index (χ2v) is 5.94. The minimum atomic E-state index is -1.06. The van der Waals surface area contributed by atoms with Crippen molar-refractivity contribution in [2.45, 2.75) is 26.0 Å². The first kappa shape index (κ1) is 13.9. The van der Waals surface area contributed by atoms with Gasteiger partial charge in [-0.05, 0) is 18.4 Å². The van der Waals surface area contributed by atoms with Crippen molar-refractivity contribution in [3.8, 4) is 6.07 Å². The van der Waals surface area contributed by atoms with Gasteiger partial charge in [0.15, 0.2) is 0 Å².